The Hall–Kier alpha value is -2.56. The SMILES string of the molecule is O=C(Nc1cccc2c1CN(c1ccccn1)C2)N1C[C@H]2CCC[C@H]2C1. The van der Waals surface area contributed by atoms with Gasteiger partial charge < -0.3 is 15.1 Å². The van der Waals surface area contributed by atoms with Gasteiger partial charge in [-0.25, -0.2) is 9.78 Å². The summed E-state index contributed by atoms with van der Waals surface area (Å²) in [5.74, 6) is 2.43. The first-order chi connectivity index (χ1) is 12.8. The summed E-state index contributed by atoms with van der Waals surface area (Å²) in [6, 6.07) is 12.2. The maximum absolute atomic E-state index is 12.8. The predicted molar refractivity (Wildman–Crippen MR) is 102 cm³/mol. The van der Waals surface area contributed by atoms with E-state index in [0.717, 1.165) is 49.5 Å². The number of nitrogens with one attached hydrogen (secondary N) is 1. The molecule has 1 aromatic heterocycles. The van der Waals surface area contributed by atoms with Crippen LogP contribution in [0.4, 0.5) is 16.3 Å². The molecule has 5 heteroatoms. The van der Waals surface area contributed by atoms with E-state index in [9.17, 15) is 4.79 Å². The molecule has 134 valence electrons. The Labute approximate surface area is 154 Å². The third-order valence-corrected chi connectivity index (χ3v) is 6.21. The Balaban J connectivity index is 1.31. The molecule has 1 saturated carbocycles. The predicted octanol–water partition coefficient (Wildman–Crippen LogP) is 3.87. The van der Waals surface area contributed by atoms with Crippen LogP contribution in [-0.4, -0.2) is 29.0 Å². The lowest BCUT2D eigenvalue weighted by atomic mass is 10.0. The summed E-state index contributed by atoms with van der Waals surface area (Å²) in [6.45, 7) is 3.47. The van der Waals surface area contributed by atoms with Gasteiger partial charge in [-0.1, -0.05) is 24.6 Å². The molecule has 5 rings (SSSR count). The molecule has 2 aliphatic heterocycles. The molecule has 0 unspecified atom stereocenters. The molecule has 0 radical (unpaired) electrons. The van der Waals surface area contributed by atoms with Gasteiger partial charge in [0, 0.05) is 43.6 Å². The Bertz CT molecular complexity index is 810. The summed E-state index contributed by atoms with van der Waals surface area (Å²) >= 11 is 0. The van der Waals surface area contributed by atoms with Gasteiger partial charge in [0.2, 0.25) is 0 Å². The van der Waals surface area contributed by atoms with Crippen LogP contribution in [0.3, 0.4) is 0 Å². The molecule has 1 aliphatic carbocycles. The molecular weight excluding hydrogens is 324 g/mol. The molecule has 0 spiro atoms. The van der Waals surface area contributed by atoms with E-state index in [1.165, 1.54) is 30.4 Å². The van der Waals surface area contributed by atoms with Crippen LogP contribution in [0.5, 0.6) is 0 Å². The minimum absolute atomic E-state index is 0.0593. The zero-order chi connectivity index (χ0) is 17.5. The number of pyridine rings is 1. The minimum atomic E-state index is 0.0593. The van der Waals surface area contributed by atoms with Crippen molar-refractivity contribution < 1.29 is 4.79 Å². The fraction of sp³-hybridized carbons (Fsp3) is 0.429. The van der Waals surface area contributed by atoms with Crippen LogP contribution in [0.25, 0.3) is 0 Å². The highest BCUT2D eigenvalue weighted by Crippen LogP contribution is 2.38. The molecule has 1 saturated heterocycles. The molecule has 26 heavy (non-hydrogen) atoms. The van der Waals surface area contributed by atoms with E-state index < -0.39 is 0 Å². The Morgan fingerprint density at radius 3 is 2.65 bits per heavy atom. The van der Waals surface area contributed by atoms with E-state index in [0.29, 0.717) is 0 Å². The third kappa shape index (κ3) is 2.71. The van der Waals surface area contributed by atoms with Crippen LogP contribution in [0, 0.1) is 11.8 Å². The zero-order valence-electron chi connectivity index (χ0n) is 14.9. The van der Waals surface area contributed by atoms with Crippen molar-refractivity contribution in [1.29, 1.82) is 0 Å². The minimum Gasteiger partial charge on any atom is -0.348 e. The lowest BCUT2D eigenvalue weighted by Crippen LogP contribution is -2.34. The third-order valence-electron chi connectivity index (χ3n) is 6.21. The van der Waals surface area contributed by atoms with E-state index in [1.807, 2.05) is 41.4 Å². The number of rotatable bonds is 2. The van der Waals surface area contributed by atoms with Crippen molar-refractivity contribution in [2.24, 2.45) is 11.8 Å². The number of carbonyl (C=O) groups is 1. The fourth-order valence-electron chi connectivity index (χ4n) is 4.84. The van der Waals surface area contributed by atoms with Crippen molar-refractivity contribution in [3.8, 4) is 0 Å². The Morgan fingerprint density at radius 1 is 1.04 bits per heavy atom. The highest BCUT2D eigenvalue weighted by molar-refractivity contribution is 5.91. The molecular formula is C21H24N4O. The molecule has 5 nitrogen and oxygen atoms in total. The average Bonchev–Trinajstić information content (AvgIpc) is 3.37. The highest BCUT2D eigenvalue weighted by atomic mass is 16.2. The first-order valence-electron chi connectivity index (χ1n) is 9.60. The summed E-state index contributed by atoms with van der Waals surface area (Å²) in [6.07, 6.45) is 5.73. The second kappa shape index (κ2) is 6.31. The molecule has 1 aromatic carbocycles. The van der Waals surface area contributed by atoms with Crippen LogP contribution < -0.4 is 10.2 Å². The largest absolute Gasteiger partial charge is 0.348 e. The summed E-state index contributed by atoms with van der Waals surface area (Å²) in [5.41, 5.74) is 3.43. The highest BCUT2D eigenvalue weighted by Gasteiger charge is 2.38. The average molecular weight is 348 g/mol. The topological polar surface area (TPSA) is 48.5 Å². The first kappa shape index (κ1) is 15.7. The smallest absolute Gasteiger partial charge is 0.321 e. The monoisotopic (exact) mass is 348 g/mol. The van der Waals surface area contributed by atoms with Gasteiger partial charge in [0.25, 0.3) is 0 Å². The van der Waals surface area contributed by atoms with E-state index in [1.54, 1.807) is 0 Å². The van der Waals surface area contributed by atoms with Crippen molar-refractivity contribution in [1.82, 2.24) is 9.88 Å². The number of hydrogen-bond donors (Lipinski definition) is 1. The number of aromatic nitrogens is 1. The second-order valence-electron chi connectivity index (χ2n) is 7.77. The normalized spacial score (nSPS) is 23.8. The van der Waals surface area contributed by atoms with Crippen molar-refractivity contribution in [2.75, 3.05) is 23.3 Å². The second-order valence-corrected chi connectivity index (χ2v) is 7.77. The maximum Gasteiger partial charge on any atom is 0.321 e. The van der Waals surface area contributed by atoms with E-state index in [4.69, 9.17) is 0 Å². The number of benzene rings is 1. The molecule has 3 aliphatic rings. The molecule has 2 amide bonds. The number of carbonyl (C=O) groups excluding carboxylic acids is 1. The van der Waals surface area contributed by atoms with Crippen molar-refractivity contribution in [3.05, 3.63) is 53.7 Å². The molecule has 3 heterocycles. The Morgan fingerprint density at radius 2 is 1.88 bits per heavy atom. The van der Waals surface area contributed by atoms with Crippen LogP contribution >= 0.6 is 0 Å². The standard InChI is InChI=1S/C21H24N4O/c26-21(25-11-15-5-3-6-16(15)12-25)23-19-8-4-7-17-13-24(14-18(17)19)20-9-1-2-10-22-20/h1-2,4,7-10,15-16H,3,5-6,11-14H2,(H,23,26)/t15-,16+. The van der Waals surface area contributed by atoms with Crippen LogP contribution in [0.1, 0.15) is 30.4 Å². The number of fused-ring (bicyclic) bond motifs is 2. The van der Waals surface area contributed by atoms with Gasteiger partial charge in [-0.3, -0.25) is 0 Å². The van der Waals surface area contributed by atoms with Gasteiger partial charge in [-0.15, -0.1) is 0 Å². The quantitative estimate of drug-likeness (QED) is 0.896. The Kier molecular flexibility index (Phi) is 3.80. The molecule has 2 aromatic rings. The first-order valence-corrected chi connectivity index (χ1v) is 9.60. The van der Waals surface area contributed by atoms with Crippen LogP contribution in [-0.2, 0) is 13.1 Å². The van der Waals surface area contributed by atoms with E-state index in [-0.39, 0.29) is 6.03 Å². The van der Waals surface area contributed by atoms with E-state index in [2.05, 4.69) is 21.3 Å². The van der Waals surface area contributed by atoms with Gasteiger partial charge in [0.1, 0.15) is 5.82 Å². The van der Waals surface area contributed by atoms with Gasteiger partial charge in [-0.05, 0) is 48.4 Å². The number of nitrogens with zero attached hydrogens (tertiary/aromatic N) is 3. The van der Waals surface area contributed by atoms with Crippen LogP contribution in [0.2, 0.25) is 0 Å². The number of likely N-dealkylation sites (tertiary alicyclic amines) is 1. The maximum atomic E-state index is 12.8. The van der Waals surface area contributed by atoms with Crippen molar-refractivity contribution >= 4 is 17.5 Å². The van der Waals surface area contributed by atoms with Gasteiger partial charge >= 0.3 is 6.03 Å². The molecule has 0 bridgehead atoms. The number of anilines is 2. The van der Waals surface area contributed by atoms with E-state index >= 15 is 0 Å². The summed E-state index contributed by atoms with van der Waals surface area (Å²) in [5, 5.41) is 3.19. The van der Waals surface area contributed by atoms with Crippen molar-refractivity contribution in [2.45, 2.75) is 32.4 Å². The van der Waals surface area contributed by atoms with Gasteiger partial charge in [0.05, 0.1) is 0 Å². The number of hydrogen-bond acceptors (Lipinski definition) is 3. The lowest BCUT2D eigenvalue weighted by molar-refractivity contribution is 0.219. The number of amides is 2. The number of urea groups is 1. The van der Waals surface area contributed by atoms with Crippen molar-refractivity contribution in [3.63, 3.8) is 0 Å². The zero-order valence-corrected chi connectivity index (χ0v) is 14.9. The summed E-state index contributed by atoms with van der Waals surface area (Å²) in [4.78, 5) is 21.5. The van der Waals surface area contributed by atoms with Gasteiger partial charge in [-0.2, -0.15) is 0 Å². The fourth-order valence-corrected chi connectivity index (χ4v) is 4.84. The van der Waals surface area contributed by atoms with Crippen LogP contribution in [0.15, 0.2) is 42.6 Å². The molecule has 2 atom stereocenters. The lowest BCUT2D eigenvalue weighted by Gasteiger charge is -2.19. The molecule has 1 N–H and O–H groups in total. The molecule has 2 fully saturated rings. The summed E-state index contributed by atoms with van der Waals surface area (Å²) in [7, 11) is 0. The van der Waals surface area contributed by atoms with Gasteiger partial charge in [0.15, 0.2) is 0 Å². The summed E-state index contributed by atoms with van der Waals surface area (Å²) < 4.78 is 0.